The molecule has 1 rings (SSSR count). The second kappa shape index (κ2) is 9.71. The standard InChI is InChI=1S/C15H22N2OS/c1-18-15-7-6-13(10-14(15)11-16)12-17-8-4-3-5-9-19-2/h6-7,10,17H,3-5,8-9,12H2,1-2H3. The van der Waals surface area contributed by atoms with Crippen LogP contribution in [0.15, 0.2) is 18.2 Å². The second-order valence-corrected chi connectivity index (χ2v) is 5.36. The number of nitrogens with zero attached hydrogens (tertiary/aromatic N) is 1. The lowest BCUT2D eigenvalue weighted by Crippen LogP contribution is -2.14. The van der Waals surface area contributed by atoms with Crippen LogP contribution in [-0.2, 0) is 6.54 Å². The first kappa shape index (κ1) is 15.9. The molecule has 0 radical (unpaired) electrons. The molecule has 0 saturated carbocycles. The number of methoxy groups -OCH3 is 1. The van der Waals surface area contributed by atoms with Gasteiger partial charge in [0.25, 0.3) is 0 Å². The molecule has 3 nitrogen and oxygen atoms in total. The minimum Gasteiger partial charge on any atom is -0.495 e. The van der Waals surface area contributed by atoms with Crippen molar-refractivity contribution in [1.82, 2.24) is 5.32 Å². The SMILES string of the molecule is COc1ccc(CNCCCCCSC)cc1C#N. The maximum atomic E-state index is 9.01. The molecule has 0 atom stereocenters. The summed E-state index contributed by atoms with van der Waals surface area (Å²) in [6.07, 6.45) is 5.93. The molecule has 1 aromatic rings. The van der Waals surface area contributed by atoms with Crippen LogP contribution in [0.25, 0.3) is 0 Å². The van der Waals surface area contributed by atoms with Gasteiger partial charge in [-0.15, -0.1) is 0 Å². The van der Waals surface area contributed by atoms with Crippen molar-refractivity contribution in [1.29, 1.82) is 5.26 Å². The van der Waals surface area contributed by atoms with Gasteiger partial charge in [0, 0.05) is 6.54 Å². The molecule has 19 heavy (non-hydrogen) atoms. The van der Waals surface area contributed by atoms with E-state index in [-0.39, 0.29) is 0 Å². The summed E-state index contributed by atoms with van der Waals surface area (Å²) in [4.78, 5) is 0. The van der Waals surface area contributed by atoms with Crippen LogP contribution in [0, 0.1) is 11.3 Å². The van der Waals surface area contributed by atoms with Crippen LogP contribution in [0.3, 0.4) is 0 Å². The molecule has 0 aliphatic rings. The fourth-order valence-corrected chi connectivity index (χ4v) is 2.35. The summed E-state index contributed by atoms with van der Waals surface area (Å²) in [7, 11) is 1.59. The molecule has 0 aliphatic heterocycles. The summed E-state index contributed by atoms with van der Waals surface area (Å²) < 4.78 is 5.13. The number of nitriles is 1. The Labute approximate surface area is 120 Å². The van der Waals surface area contributed by atoms with Crippen LogP contribution in [0.1, 0.15) is 30.4 Å². The van der Waals surface area contributed by atoms with E-state index in [4.69, 9.17) is 10.00 Å². The van der Waals surface area contributed by atoms with Gasteiger partial charge >= 0.3 is 0 Å². The summed E-state index contributed by atoms with van der Waals surface area (Å²) in [6, 6.07) is 7.90. The highest BCUT2D eigenvalue weighted by Gasteiger charge is 2.03. The quantitative estimate of drug-likeness (QED) is 0.705. The Bertz CT molecular complexity index is 415. The summed E-state index contributed by atoms with van der Waals surface area (Å²) in [6.45, 7) is 1.84. The Kier molecular flexibility index (Phi) is 8.11. The topological polar surface area (TPSA) is 45.0 Å². The van der Waals surface area contributed by atoms with E-state index in [1.54, 1.807) is 7.11 Å². The highest BCUT2D eigenvalue weighted by atomic mass is 32.2. The van der Waals surface area contributed by atoms with Crippen molar-refractivity contribution >= 4 is 11.8 Å². The summed E-state index contributed by atoms with van der Waals surface area (Å²) in [5, 5.41) is 12.4. The molecule has 0 amide bonds. The zero-order chi connectivity index (χ0) is 13.9. The lowest BCUT2D eigenvalue weighted by atomic mass is 10.1. The molecule has 0 bridgehead atoms. The first-order chi connectivity index (χ1) is 9.31. The van der Waals surface area contributed by atoms with Crippen molar-refractivity contribution in [2.75, 3.05) is 25.7 Å². The first-order valence-corrected chi connectivity index (χ1v) is 7.98. The molecule has 1 aromatic carbocycles. The molecule has 0 aliphatic carbocycles. The molecular formula is C15H22N2OS. The Balaban J connectivity index is 2.28. The molecule has 0 spiro atoms. The number of ether oxygens (including phenoxy) is 1. The van der Waals surface area contributed by atoms with Crippen LogP contribution in [0.2, 0.25) is 0 Å². The maximum Gasteiger partial charge on any atom is 0.136 e. The largest absolute Gasteiger partial charge is 0.495 e. The molecule has 4 heteroatoms. The zero-order valence-electron chi connectivity index (χ0n) is 11.7. The van der Waals surface area contributed by atoms with Crippen LogP contribution in [-0.4, -0.2) is 25.7 Å². The van der Waals surface area contributed by atoms with Gasteiger partial charge in [0.15, 0.2) is 0 Å². The van der Waals surface area contributed by atoms with Gasteiger partial charge in [0.05, 0.1) is 12.7 Å². The second-order valence-electron chi connectivity index (χ2n) is 4.38. The number of unbranched alkanes of at least 4 members (excludes halogenated alkanes) is 2. The third kappa shape index (κ3) is 6.00. The van der Waals surface area contributed by atoms with Crippen molar-refractivity contribution in [3.8, 4) is 11.8 Å². The van der Waals surface area contributed by atoms with Gasteiger partial charge in [0.2, 0.25) is 0 Å². The predicted molar refractivity (Wildman–Crippen MR) is 81.6 cm³/mol. The Morgan fingerprint density at radius 3 is 2.84 bits per heavy atom. The maximum absolute atomic E-state index is 9.01. The van der Waals surface area contributed by atoms with E-state index >= 15 is 0 Å². The van der Waals surface area contributed by atoms with Crippen molar-refractivity contribution in [3.05, 3.63) is 29.3 Å². The fourth-order valence-electron chi connectivity index (χ4n) is 1.86. The van der Waals surface area contributed by atoms with Crippen molar-refractivity contribution in [2.45, 2.75) is 25.8 Å². The van der Waals surface area contributed by atoms with Gasteiger partial charge in [-0.1, -0.05) is 12.5 Å². The minimum absolute atomic E-state index is 0.599. The van der Waals surface area contributed by atoms with E-state index in [1.165, 1.54) is 25.0 Å². The smallest absolute Gasteiger partial charge is 0.136 e. The highest BCUT2D eigenvalue weighted by Crippen LogP contribution is 2.18. The number of hydrogen-bond donors (Lipinski definition) is 1. The molecule has 0 fully saturated rings. The van der Waals surface area contributed by atoms with Gasteiger partial charge in [-0.2, -0.15) is 17.0 Å². The van der Waals surface area contributed by atoms with Gasteiger partial charge in [0.1, 0.15) is 11.8 Å². The van der Waals surface area contributed by atoms with Gasteiger partial charge in [-0.25, -0.2) is 0 Å². The van der Waals surface area contributed by atoms with Crippen LogP contribution < -0.4 is 10.1 Å². The van der Waals surface area contributed by atoms with E-state index in [0.29, 0.717) is 11.3 Å². The fraction of sp³-hybridized carbons (Fsp3) is 0.533. The Morgan fingerprint density at radius 2 is 2.16 bits per heavy atom. The highest BCUT2D eigenvalue weighted by molar-refractivity contribution is 7.98. The number of benzene rings is 1. The third-order valence-corrected chi connectivity index (χ3v) is 3.61. The predicted octanol–water partition coefficient (Wildman–Crippen LogP) is 3.19. The first-order valence-electron chi connectivity index (χ1n) is 6.58. The average molecular weight is 278 g/mol. The number of nitrogens with one attached hydrogen (secondary N) is 1. The van der Waals surface area contributed by atoms with E-state index in [1.807, 2.05) is 30.0 Å². The number of rotatable bonds is 9. The lowest BCUT2D eigenvalue weighted by Gasteiger charge is -2.07. The van der Waals surface area contributed by atoms with Crippen molar-refractivity contribution < 1.29 is 4.74 Å². The monoisotopic (exact) mass is 278 g/mol. The molecule has 0 saturated heterocycles. The molecule has 104 valence electrons. The van der Waals surface area contributed by atoms with Gasteiger partial charge < -0.3 is 10.1 Å². The summed E-state index contributed by atoms with van der Waals surface area (Å²) >= 11 is 1.91. The van der Waals surface area contributed by atoms with Gasteiger partial charge in [-0.3, -0.25) is 0 Å². The Morgan fingerprint density at radius 1 is 1.32 bits per heavy atom. The normalized spacial score (nSPS) is 10.2. The lowest BCUT2D eigenvalue weighted by molar-refractivity contribution is 0.413. The summed E-state index contributed by atoms with van der Waals surface area (Å²) in [5.74, 6) is 1.90. The molecule has 1 N–H and O–H groups in total. The van der Waals surface area contributed by atoms with Crippen molar-refractivity contribution in [2.24, 2.45) is 0 Å². The molecule has 0 unspecified atom stereocenters. The summed E-state index contributed by atoms with van der Waals surface area (Å²) in [5.41, 5.74) is 1.73. The molecule has 0 heterocycles. The van der Waals surface area contributed by atoms with Crippen molar-refractivity contribution in [3.63, 3.8) is 0 Å². The number of thioether (sulfide) groups is 1. The van der Waals surface area contributed by atoms with Crippen LogP contribution in [0.5, 0.6) is 5.75 Å². The molecule has 0 aromatic heterocycles. The van der Waals surface area contributed by atoms with Crippen LogP contribution >= 0.6 is 11.8 Å². The van der Waals surface area contributed by atoms with E-state index < -0.39 is 0 Å². The Hall–Kier alpha value is -1.18. The number of hydrogen-bond acceptors (Lipinski definition) is 4. The third-order valence-electron chi connectivity index (χ3n) is 2.92. The molecular weight excluding hydrogens is 256 g/mol. The van der Waals surface area contributed by atoms with E-state index in [0.717, 1.165) is 18.7 Å². The van der Waals surface area contributed by atoms with Crippen LogP contribution in [0.4, 0.5) is 0 Å². The zero-order valence-corrected chi connectivity index (χ0v) is 12.6. The van der Waals surface area contributed by atoms with Gasteiger partial charge in [-0.05, 0) is 49.1 Å². The average Bonchev–Trinajstić information content (AvgIpc) is 2.46. The van der Waals surface area contributed by atoms with E-state index in [9.17, 15) is 0 Å². The van der Waals surface area contributed by atoms with E-state index in [2.05, 4.69) is 17.6 Å². The minimum atomic E-state index is 0.599.